The first kappa shape index (κ1) is 13.3. The zero-order valence-corrected chi connectivity index (χ0v) is 11.6. The minimum absolute atomic E-state index is 0.112. The molecule has 0 aliphatic rings. The number of rotatable bonds is 4. The van der Waals surface area contributed by atoms with Crippen molar-refractivity contribution in [1.82, 2.24) is 0 Å². The maximum absolute atomic E-state index is 12.4. The first-order valence-electron chi connectivity index (χ1n) is 6.46. The lowest BCUT2D eigenvalue weighted by atomic mass is 9.92. The summed E-state index contributed by atoms with van der Waals surface area (Å²) in [4.78, 5) is 14.4. The van der Waals surface area contributed by atoms with Crippen molar-refractivity contribution < 1.29 is 4.79 Å². The Kier molecular flexibility index (Phi) is 4.00. The van der Waals surface area contributed by atoms with Crippen LogP contribution in [-0.4, -0.2) is 19.9 Å². The van der Waals surface area contributed by atoms with Gasteiger partial charge in [-0.1, -0.05) is 49.4 Å². The third-order valence-electron chi connectivity index (χ3n) is 3.36. The van der Waals surface area contributed by atoms with E-state index in [1.165, 1.54) is 0 Å². The van der Waals surface area contributed by atoms with E-state index in [-0.39, 0.29) is 11.7 Å². The number of anilines is 1. The van der Waals surface area contributed by atoms with Gasteiger partial charge < -0.3 is 4.90 Å². The van der Waals surface area contributed by atoms with Crippen LogP contribution in [0, 0.1) is 0 Å². The molecule has 0 fully saturated rings. The molecule has 1 atom stereocenters. The number of benzene rings is 2. The van der Waals surface area contributed by atoms with Gasteiger partial charge in [-0.15, -0.1) is 0 Å². The summed E-state index contributed by atoms with van der Waals surface area (Å²) < 4.78 is 0. The number of carbonyl (C=O) groups is 1. The number of Topliss-reactive ketones (excluding diaryl/α,β-unsaturated/α-hetero) is 1. The van der Waals surface area contributed by atoms with Crippen molar-refractivity contribution >= 4 is 11.5 Å². The van der Waals surface area contributed by atoms with E-state index >= 15 is 0 Å². The highest BCUT2D eigenvalue weighted by atomic mass is 16.1. The zero-order chi connectivity index (χ0) is 13.8. The highest BCUT2D eigenvalue weighted by Crippen LogP contribution is 2.22. The summed E-state index contributed by atoms with van der Waals surface area (Å²) in [7, 11) is 4.01. The van der Waals surface area contributed by atoms with E-state index in [4.69, 9.17) is 0 Å². The van der Waals surface area contributed by atoms with E-state index in [1.54, 1.807) is 0 Å². The van der Waals surface area contributed by atoms with Gasteiger partial charge in [-0.2, -0.15) is 0 Å². The van der Waals surface area contributed by atoms with Gasteiger partial charge >= 0.3 is 0 Å². The second-order valence-corrected chi connectivity index (χ2v) is 4.94. The lowest BCUT2D eigenvalue weighted by Crippen LogP contribution is -2.11. The van der Waals surface area contributed by atoms with Crippen LogP contribution in [0.3, 0.4) is 0 Å². The number of hydrogen-bond donors (Lipinski definition) is 0. The standard InChI is InChI=1S/C17H19NO/c1-13(17(19)15-7-5-4-6-8-15)14-9-11-16(12-10-14)18(2)3/h4-13H,1-3H3. The van der Waals surface area contributed by atoms with Gasteiger partial charge in [0.05, 0.1) is 0 Å². The average Bonchev–Trinajstić information content (AvgIpc) is 2.46. The number of carbonyl (C=O) groups excluding carboxylic acids is 1. The monoisotopic (exact) mass is 253 g/mol. The SMILES string of the molecule is CC(C(=O)c1ccccc1)c1ccc(N(C)C)cc1. The van der Waals surface area contributed by atoms with Crippen molar-refractivity contribution in [2.45, 2.75) is 12.8 Å². The van der Waals surface area contributed by atoms with E-state index in [2.05, 4.69) is 0 Å². The van der Waals surface area contributed by atoms with Crippen LogP contribution in [0.2, 0.25) is 0 Å². The molecular weight excluding hydrogens is 234 g/mol. The molecule has 2 aromatic rings. The minimum atomic E-state index is -0.112. The van der Waals surface area contributed by atoms with Crippen molar-refractivity contribution in [3.8, 4) is 0 Å². The van der Waals surface area contributed by atoms with Crippen molar-refractivity contribution in [3.63, 3.8) is 0 Å². The van der Waals surface area contributed by atoms with Crippen LogP contribution < -0.4 is 4.90 Å². The summed E-state index contributed by atoms with van der Waals surface area (Å²) in [6.45, 7) is 1.96. The van der Waals surface area contributed by atoms with Crippen LogP contribution >= 0.6 is 0 Å². The van der Waals surface area contributed by atoms with Crippen LogP contribution in [0.25, 0.3) is 0 Å². The molecule has 0 N–H and O–H groups in total. The topological polar surface area (TPSA) is 20.3 Å². The number of nitrogens with zero attached hydrogens (tertiary/aromatic N) is 1. The Labute approximate surface area is 114 Å². The third-order valence-corrected chi connectivity index (χ3v) is 3.36. The predicted octanol–water partition coefficient (Wildman–Crippen LogP) is 3.74. The molecule has 0 aliphatic carbocycles. The molecule has 0 saturated carbocycles. The summed E-state index contributed by atoms with van der Waals surface area (Å²) in [5.41, 5.74) is 2.97. The smallest absolute Gasteiger partial charge is 0.170 e. The minimum Gasteiger partial charge on any atom is -0.378 e. The predicted molar refractivity (Wildman–Crippen MR) is 80.0 cm³/mol. The second kappa shape index (κ2) is 5.70. The largest absolute Gasteiger partial charge is 0.378 e. The molecule has 0 amide bonds. The fourth-order valence-electron chi connectivity index (χ4n) is 2.06. The molecule has 2 nitrogen and oxygen atoms in total. The van der Waals surface area contributed by atoms with Crippen LogP contribution in [0.5, 0.6) is 0 Å². The molecule has 1 unspecified atom stereocenters. The van der Waals surface area contributed by atoms with E-state index < -0.39 is 0 Å². The molecule has 98 valence electrons. The van der Waals surface area contributed by atoms with Crippen LogP contribution in [0.4, 0.5) is 5.69 Å². The summed E-state index contributed by atoms with van der Waals surface area (Å²) >= 11 is 0. The van der Waals surface area contributed by atoms with Gasteiger partial charge in [-0.05, 0) is 17.7 Å². The Hall–Kier alpha value is -2.09. The number of ketones is 1. The second-order valence-electron chi connectivity index (χ2n) is 4.94. The molecule has 0 radical (unpaired) electrons. The molecule has 0 aromatic heterocycles. The van der Waals surface area contributed by atoms with Gasteiger partial charge in [0, 0.05) is 31.3 Å². The summed E-state index contributed by atoms with van der Waals surface area (Å²) in [5, 5.41) is 0. The molecule has 2 heteroatoms. The number of hydrogen-bond acceptors (Lipinski definition) is 2. The molecule has 2 rings (SSSR count). The Balaban J connectivity index is 2.20. The van der Waals surface area contributed by atoms with Gasteiger partial charge in [0.15, 0.2) is 5.78 Å². The highest BCUT2D eigenvalue weighted by Gasteiger charge is 2.16. The molecular formula is C17H19NO. The van der Waals surface area contributed by atoms with Crippen molar-refractivity contribution in [2.24, 2.45) is 0 Å². The maximum Gasteiger partial charge on any atom is 0.170 e. The Morgan fingerprint density at radius 1 is 0.947 bits per heavy atom. The Bertz CT molecular complexity index is 543. The summed E-state index contributed by atoms with van der Waals surface area (Å²) in [6.07, 6.45) is 0. The average molecular weight is 253 g/mol. The molecule has 0 heterocycles. The van der Waals surface area contributed by atoms with Gasteiger partial charge in [0.25, 0.3) is 0 Å². The van der Waals surface area contributed by atoms with Crippen molar-refractivity contribution in [3.05, 3.63) is 65.7 Å². The van der Waals surface area contributed by atoms with Gasteiger partial charge in [0.2, 0.25) is 0 Å². The summed E-state index contributed by atoms with van der Waals surface area (Å²) in [6, 6.07) is 17.6. The van der Waals surface area contributed by atoms with Crippen molar-refractivity contribution in [1.29, 1.82) is 0 Å². The molecule has 2 aromatic carbocycles. The normalized spacial score (nSPS) is 11.9. The van der Waals surface area contributed by atoms with E-state index in [0.29, 0.717) is 0 Å². The van der Waals surface area contributed by atoms with E-state index in [9.17, 15) is 4.79 Å². The molecule has 0 saturated heterocycles. The molecule has 19 heavy (non-hydrogen) atoms. The highest BCUT2D eigenvalue weighted by molar-refractivity contribution is 6.00. The van der Waals surface area contributed by atoms with Gasteiger partial charge in [-0.25, -0.2) is 0 Å². The van der Waals surface area contributed by atoms with E-state index in [0.717, 1.165) is 16.8 Å². The first-order chi connectivity index (χ1) is 9.09. The Morgan fingerprint density at radius 3 is 2.05 bits per heavy atom. The van der Waals surface area contributed by atoms with Crippen LogP contribution in [-0.2, 0) is 0 Å². The van der Waals surface area contributed by atoms with Crippen LogP contribution in [0.1, 0.15) is 28.8 Å². The van der Waals surface area contributed by atoms with Crippen LogP contribution in [0.15, 0.2) is 54.6 Å². The van der Waals surface area contributed by atoms with Crippen molar-refractivity contribution in [2.75, 3.05) is 19.0 Å². The molecule has 0 aliphatic heterocycles. The maximum atomic E-state index is 12.4. The van der Waals surface area contributed by atoms with Gasteiger partial charge in [0.1, 0.15) is 0 Å². The van der Waals surface area contributed by atoms with Gasteiger partial charge in [-0.3, -0.25) is 4.79 Å². The van der Waals surface area contributed by atoms with E-state index in [1.807, 2.05) is 80.5 Å². The third kappa shape index (κ3) is 3.02. The zero-order valence-electron chi connectivity index (χ0n) is 11.6. The fraction of sp³-hybridized carbons (Fsp3) is 0.235. The lowest BCUT2D eigenvalue weighted by Gasteiger charge is -2.15. The first-order valence-corrected chi connectivity index (χ1v) is 6.46. The quantitative estimate of drug-likeness (QED) is 0.774. The lowest BCUT2D eigenvalue weighted by molar-refractivity contribution is 0.0966. The fourth-order valence-corrected chi connectivity index (χ4v) is 2.06. The Morgan fingerprint density at radius 2 is 1.53 bits per heavy atom. The summed E-state index contributed by atoms with van der Waals surface area (Å²) in [5.74, 6) is 0.0526. The molecule has 0 spiro atoms. The molecule has 0 bridgehead atoms.